The normalized spacial score (nSPS) is 11.1. The summed E-state index contributed by atoms with van der Waals surface area (Å²) in [4.78, 5) is 16.9. The molecule has 0 radical (unpaired) electrons. The van der Waals surface area contributed by atoms with Crippen LogP contribution >= 0.6 is 0 Å². The summed E-state index contributed by atoms with van der Waals surface area (Å²) in [6.45, 7) is 5.88. The molecule has 1 amide bonds. The van der Waals surface area contributed by atoms with Crippen molar-refractivity contribution in [2.24, 2.45) is 7.05 Å². The molecule has 7 nitrogen and oxygen atoms in total. The van der Waals surface area contributed by atoms with Gasteiger partial charge in [0.05, 0.1) is 23.5 Å². The van der Waals surface area contributed by atoms with Gasteiger partial charge in [0, 0.05) is 23.6 Å². The fourth-order valence-corrected chi connectivity index (χ4v) is 3.18. The molecule has 0 aliphatic heterocycles. The van der Waals surface area contributed by atoms with E-state index in [1.54, 1.807) is 24.3 Å². The largest absolute Gasteiger partial charge is 0.491 e. The Morgan fingerprint density at radius 1 is 1.07 bits per heavy atom. The number of anilines is 1. The van der Waals surface area contributed by atoms with Crippen molar-refractivity contribution in [2.45, 2.75) is 26.9 Å². The van der Waals surface area contributed by atoms with Gasteiger partial charge in [-0.05, 0) is 63.2 Å². The SMILES string of the molecule is Cc1ncc(-c2ccc3nnc(NC(=O)c4ccc(OC(C)C)cc4)cc3c2)n1C. The zero-order chi connectivity index (χ0) is 21.3. The second-order valence-electron chi connectivity index (χ2n) is 7.40. The van der Waals surface area contributed by atoms with Gasteiger partial charge in [-0.25, -0.2) is 4.98 Å². The van der Waals surface area contributed by atoms with E-state index in [1.165, 1.54) is 0 Å². The molecule has 1 N–H and O–H groups in total. The summed E-state index contributed by atoms with van der Waals surface area (Å²) < 4.78 is 7.65. The molecule has 152 valence electrons. The lowest BCUT2D eigenvalue weighted by molar-refractivity contribution is 0.102. The van der Waals surface area contributed by atoms with E-state index in [4.69, 9.17) is 4.74 Å². The second-order valence-corrected chi connectivity index (χ2v) is 7.40. The first-order valence-electron chi connectivity index (χ1n) is 9.75. The monoisotopic (exact) mass is 401 g/mol. The van der Waals surface area contributed by atoms with Crippen molar-refractivity contribution in [3.8, 4) is 17.0 Å². The molecule has 0 aliphatic rings. The number of nitrogens with one attached hydrogen (secondary N) is 1. The van der Waals surface area contributed by atoms with E-state index in [9.17, 15) is 4.79 Å². The molecular formula is C23H23N5O2. The van der Waals surface area contributed by atoms with Crippen LogP contribution < -0.4 is 10.1 Å². The van der Waals surface area contributed by atoms with Crippen LogP contribution in [0.2, 0.25) is 0 Å². The summed E-state index contributed by atoms with van der Waals surface area (Å²) in [5, 5.41) is 12.1. The quantitative estimate of drug-likeness (QED) is 0.537. The number of aromatic nitrogens is 4. The molecule has 0 atom stereocenters. The summed E-state index contributed by atoms with van der Waals surface area (Å²) in [5.41, 5.74) is 3.31. The third kappa shape index (κ3) is 4.00. The van der Waals surface area contributed by atoms with E-state index in [2.05, 4.69) is 20.5 Å². The number of nitrogens with zero attached hydrogens (tertiary/aromatic N) is 4. The van der Waals surface area contributed by atoms with E-state index < -0.39 is 0 Å². The number of benzene rings is 2. The summed E-state index contributed by atoms with van der Waals surface area (Å²) in [5.74, 6) is 1.81. The number of hydrogen-bond donors (Lipinski definition) is 1. The molecule has 0 aliphatic carbocycles. The molecule has 2 aromatic heterocycles. The number of fused-ring (bicyclic) bond motifs is 1. The van der Waals surface area contributed by atoms with Crippen LogP contribution in [0.4, 0.5) is 5.82 Å². The maximum absolute atomic E-state index is 12.6. The highest BCUT2D eigenvalue weighted by Gasteiger charge is 2.11. The second kappa shape index (κ2) is 7.94. The Morgan fingerprint density at radius 2 is 1.83 bits per heavy atom. The lowest BCUT2D eigenvalue weighted by atomic mass is 10.1. The van der Waals surface area contributed by atoms with Crippen molar-refractivity contribution in [3.63, 3.8) is 0 Å². The number of hydrogen-bond acceptors (Lipinski definition) is 5. The number of carbonyl (C=O) groups excluding carboxylic acids is 1. The molecule has 0 bridgehead atoms. The minimum absolute atomic E-state index is 0.0812. The number of amides is 1. The first-order chi connectivity index (χ1) is 14.4. The van der Waals surface area contributed by atoms with Crippen LogP contribution in [0, 0.1) is 6.92 Å². The van der Waals surface area contributed by atoms with Crippen molar-refractivity contribution in [2.75, 3.05) is 5.32 Å². The molecule has 30 heavy (non-hydrogen) atoms. The molecule has 0 saturated heterocycles. The van der Waals surface area contributed by atoms with Gasteiger partial charge < -0.3 is 14.6 Å². The van der Waals surface area contributed by atoms with E-state index >= 15 is 0 Å². The van der Waals surface area contributed by atoms with E-state index in [-0.39, 0.29) is 12.0 Å². The van der Waals surface area contributed by atoms with Crippen LogP contribution in [0.1, 0.15) is 30.0 Å². The fourth-order valence-electron chi connectivity index (χ4n) is 3.18. The van der Waals surface area contributed by atoms with Gasteiger partial charge in [-0.3, -0.25) is 4.79 Å². The van der Waals surface area contributed by atoms with E-state index in [0.717, 1.165) is 33.7 Å². The Balaban J connectivity index is 1.57. The summed E-state index contributed by atoms with van der Waals surface area (Å²) in [7, 11) is 1.98. The molecule has 0 spiro atoms. The molecule has 4 rings (SSSR count). The number of aryl methyl sites for hydroxylation is 1. The Labute approximate surface area is 174 Å². The number of rotatable bonds is 5. The van der Waals surface area contributed by atoms with Gasteiger partial charge in [0.25, 0.3) is 5.91 Å². The molecule has 0 fully saturated rings. The Morgan fingerprint density at radius 3 is 2.50 bits per heavy atom. The smallest absolute Gasteiger partial charge is 0.256 e. The number of ether oxygens (including phenoxy) is 1. The molecule has 2 aromatic carbocycles. The Hall–Kier alpha value is -3.74. The van der Waals surface area contributed by atoms with Crippen molar-refractivity contribution in [3.05, 3.63) is 66.1 Å². The minimum atomic E-state index is -0.252. The maximum atomic E-state index is 12.6. The third-order valence-electron chi connectivity index (χ3n) is 4.83. The molecule has 4 aromatic rings. The van der Waals surface area contributed by atoms with Gasteiger partial charge in [0.1, 0.15) is 11.6 Å². The van der Waals surface area contributed by atoms with Crippen LogP contribution in [0.15, 0.2) is 54.7 Å². The van der Waals surface area contributed by atoms with Gasteiger partial charge in [0.15, 0.2) is 5.82 Å². The molecule has 2 heterocycles. The first kappa shape index (κ1) is 19.6. The highest BCUT2D eigenvalue weighted by atomic mass is 16.5. The average Bonchev–Trinajstić information content (AvgIpc) is 3.06. The predicted octanol–water partition coefficient (Wildman–Crippen LogP) is 4.38. The van der Waals surface area contributed by atoms with Gasteiger partial charge >= 0.3 is 0 Å². The highest BCUT2D eigenvalue weighted by molar-refractivity contribution is 6.04. The van der Waals surface area contributed by atoms with Crippen LogP contribution in [0.5, 0.6) is 5.75 Å². The van der Waals surface area contributed by atoms with Crippen LogP contribution in [-0.2, 0) is 7.05 Å². The van der Waals surface area contributed by atoms with Crippen molar-refractivity contribution < 1.29 is 9.53 Å². The lowest BCUT2D eigenvalue weighted by Crippen LogP contribution is -2.13. The highest BCUT2D eigenvalue weighted by Crippen LogP contribution is 2.25. The van der Waals surface area contributed by atoms with Crippen LogP contribution in [0.25, 0.3) is 22.2 Å². The van der Waals surface area contributed by atoms with Gasteiger partial charge in [-0.2, -0.15) is 0 Å². The van der Waals surface area contributed by atoms with Crippen LogP contribution in [-0.4, -0.2) is 31.8 Å². The van der Waals surface area contributed by atoms with Crippen molar-refractivity contribution in [1.82, 2.24) is 19.7 Å². The molecule has 7 heteroatoms. The number of imidazole rings is 1. The van der Waals surface area contributed by atoms with Crippen molar-refractivity contribution >= 4 is 22.6 Å². The summed E-state index contributed by atoms with van der Waals surface area (Å²) in [6.07, 6.45) is 1.93. The topological polar surface area (TPSA) is 81.9 Å². The van der Waals surface area contributed by atoms with Gasteiger partial charge in [-0.15, -0.1) is 10.2 Å². The van der Waals surface area contributed by atoms with Gasteiger partial charge in [0.2, 0.25) is 0 Å². The minimum Gasteiger partial charge on any atom is -0.491 e. The third-order valence-corrected chi connectivity index (χ3v) is 4.83. The zero-order valence-electron chi connectivity index (χ0n) is 17.4. The first-order valence-corrected chi connectivity index (χ1v) is 9.75. The lowest BCUT2D eigenvalue weighted by Gasteiger charge is -2.10. The number of carbonyl (C=O) groups is 1. The molecule has 0 saturated carbocycles. The average molecular weight is 401 g/mol. The van der Waals surface area contributed by atoms with Gasteiger partial charge in [-0.1, -0.05) is 6.07 Å². The molecule has 0 unspecified atom stereocenters. The summed E-state index contributed by atoms with van der Waals surface area (Å²) in [6, 6.07) is 14.8. The standard InChI is InChI=1S/C23H23N5O2/c1-14(2)30-19-8-5-16(6-9-19)23(29)25-22-12-18-11-17(7-10-20(18)26-27-22)21-13-24-15(3)28(21)4/h5-14H,1-4H3,(H,25,27,29). The van der Waals surface area contributed by atoms with E-state index in [1.807, 2.05) is 62.8 Å². The Kier molecular flexibility index (Phi) is 5.18. The fraction of sp³-hybridized carbons (Fsp3) is 0.217. The Bertz CT molecular complexity index is 1210. The predicted molar refractivity (Wildman–Crippen MR) is 117 cm³/mol. The van der Waals surface area contributed by atoms with E-state index in [0.29, 0.717) is 11.4 Å². The summed E-state index contributed by atoms with van der Waals surface area (Å²) >= 11 is 0. The maximum Gasteiger partial charge on any atom is 0.256 e. The van der Waals surface area contributed by atoms with Crippen LogP contribution in [0.3, 0.4) is 0 Å². The zero-order valence-corrected chi connectivity index (χ0v) is 17.4. The van der Waals surface area contributed by atoms with Crippen molar-refractivity contribution in [1.29, 1.82) is 0 Å². The molecular weight excluding hydrogens is 378 g/mol.